The SMILES string of the molecule is Cc1cc(OC(=O)c2ccccc2Cl)cc2c1C(=O)/C(=C/c1ccc(N(C)C)cc1)O2. The normalized spacial score (nSPS) is 13.7. The maximum Gasteiger partial charge on any atom is 0.345 e. The number of benzene rings is 3. The van der Waals surface area contributed by atoms with Crippen molar-refractivity contribution >= 4 is 35.1 Å². The molecule has 0 radical (unpaired) electrons. The first kappa shape index (κ1) is 20.7. The van der Waals surface area contributed by atoms with Crippen LogP contribution in [0.2, 0.25) is 5.02 Å². The standard InChI is InChI=1S/C25H20ClNO4/c1-15-12-18(30-25(29)19-6-4-5-7-20(19)26)14-21-23(15)24(28)22(31-21)13-16-8-10-17(11-9-16)27(2)3/h4-14H,1-3H3/b22-13-. The van der Waals surface area contributed by atoms with Gasteiger partial charge in [-0.2, -0.15) is 0 Å². The Hall–Kier alpha value is -3.57. The summed E-state index contributed by atoms with van der Waals surface area (Å²) in [4.78, 5) is 27.3. The molecule has 0 atom stereocenters. The van der Waals surface area contributed by atoms with Crippen molar-refractivity contribution in [3.8, 4) is 11.5 Å². The number of ketones is 1. The Morgan fingerprint density at radius 2 is 1.77 bits per heavy atom. The average Bonchev–Trinajstić information content (AvgIpc) is 3.04. The van der Waals surface area contributed by atoms with Gasteiger partial charge in [0.1, 0.15) is 11.5 Å². The van der Waals surface area contributed by atoms with Crippen molar-refractivity contribution in [2.75, 3.05) is 19.0 Å². The molecular formula is C25H20ClNO4. The number of carbonyl (C=O) groups is 2. The molecule has 3 aromatic rings. The van der Waals surface area contributed by atoms with Gasteiger partial charge in [-0.25, -0.2) is 4.79 Å². The number of halogens is 1. The van der Waals surface area contributed by atoms with E-state index in [1.54, 1.807) is 49.4 Å². The summed E-state index contributed by atoms with van der Waals surface area (Å²) in [5.74, 6) is 0.0955. The number of fused-ring (bicyclic) bond motifs is 1. The fourth-order valence-electron chi connectivity index (χ4n) is 3.35. The van der Waals surface area contributed by atoms with E-state index in [1.165, 1.54) is 0 Å². The van der Waals surface area contributed by atoms with Crippen LogP contribution in [0.3, 0.4) is 0 Å². The van der Waals surface area contributed by atoms with Crippen molar-refractivity contribution in [2.24, 2.45) is 0 Å². The Morgan fingerprint density at radius 1 is 1.06 bits per heavy atom. The maximum absolute atomic E-state index is 12.9. The molecule has 0 N–H and O–H groups in total. The minimum absolute atomic E-state index is 0.201. The first-order valence-corrected chi connectivity index (χ1v) is 10.0. The zero-order valence-corrected chi connectivity index (χ0v) is 18.1. The van der Waals surface area contributed by atoms with Crippen LogP contribution in [0.25, 0.3) is 6.08 Å². The Bertz CT molecular complexity index is 1210. The monoisotopic (exact) mass is 433 g/mol. The van der Waals surface area contributed by atoms with Crippen LogP contribution in [0.5, 0.6) is 11.5 Å². The number of anilines is 1. The molecule has 156 valence electrons. The maximum atomic E-state index is 12.9. The first-order chi connectivity index (χ1) is 14.8. The number of ether oxygens (including phenoxy) is 2. The number of rotatable bonds is 4. The molecule has 31 heavy (non-hydrogen) atoms. The molecule has 6 heteroatoms. The summed E-state index contributed by atoms with van der Waals surface area (Å²) in [6.45, 7) is 1.78. The molecular weight excluding hydrogens is 414 g/mol. The lowest BCUT2D eigenvalue weighted by molar-refractivity contribution is 0.0734. The van der Waals surface area contributed by atoms with Gasteiger partial charge in [-0.1, -0.05) is 35.9 Å². The lowest BCUT2D eigenvalue weighted by Crippen LogP contribution is -2.09. The zero-order valence-electron chi connectivity index (χ0n) is 17.3. The molecule has 0 aliphatic carbocycles. The Balaban J connectivity index is 1.59. The van der Waals surface area contributed by atoms with E-state index in [4.69, 9.17) is 21.1 Å². The van der Waals surface area contributed by atoms with Crippen molar-refractivity contribution in [1.29, 1.82) is 0 Å². The summed E-state index contributed by atoms with van der Waals surface area (Å²) in [5, 5.41) is 0.308. The van der Waals surface area contributed by atoms with Crippen LogP contribution < -0.4 is 14.4 Å². The van der Waals surface area contributed by atoms with Crippen molar-refractivity contribution < 1.29 is 19.1 Å². The highest BCUT2D eigenvalue weighted by atomic mass is 35.5. The van der Waals surface area contributed by atoms with E-state index >= 15 is 0 Å². The molecule has 1 aliphatic heterocycles. The molecule has 0 spiro atoms. The van der Waals surface area contributed by atoms with Crippen LogP contribution in [-0.4, -0.2) is 25.8 Å². The molecule has 0 aromatic heterocycles. The molecule has 4 rings (SSSR count). The summed E-state index contributed by atoms with van der Waals surface area (Å²) in [6, 6.07) is 17.6. The van der Waals surface area contributed by atoms with E-state index in [0.29, 0.717) is 21.9 Å². The lowest BCUT2D eigenvalue weighted by atomic mass is 10.0. The number of nitrogens with zero attached hydrogens (tertiary/aromatic N) is 1. The van der Waals surface area contributed by atoms with E-state index in [0.717, 1.165) is 11.3 Å². The van der Waals surface area contributed by atoms with Gasteiger partial charge in [-0.3, -0.25) is 4.79 Å². The molecule has 0 saturated carbocycles. The topological polar surface area (TPSA) is 55.8 Å². The minimum Gasteiger partial charge on any atom is -0.452 e. The summed E-state index contributed by atoms with van der Waals surface area (Å²) in [7, 11) is 3.93. The second kappa shape index (κ2) is 8.28. The number of hydrogen-bond donors (Lipinski definition) is 0. The fraction of sp³-hybridized carbons (Fsp3) is 0.120. The molecule has 0 fully saturated rings. The first-order valence-electron chi connectivity index (χ1n) is 9.66. The number of hydrogen-bond acceptors (Lipinski definition) is 5. The highest BCUT2D eigenvalue weighted by molar-refractivity contribution is 6.33. The number of allylic oxidation sites excluding steroid dienone is 1. The van der Waals surface area contributed by atoms with Gasteiger partial charge >= 0.3 is 5.97 Å². The summed E-state index contributed by atoms with van der Waals surface area (Å²) in [6.07, 6.45) is 1.70. The molecule has 1 aliphatic rings. The van der Waals surface area contributed by atoms with Crippen LogP contribution in [0.4, 0.5) is 5.69 Å². The second-order valence-corrected chi connectivity index (χ2v) is 7.82. The zero-order chi connectivity index (χ0) is 22.1. The van der Waals surface area contributed by atoms with Gasteiger partial charge in [0.05, 0.1) is 16.1 Å². The molecule has 0 amide bonds. The Morgan fingerprint density at radius 3 is 2.45 bits per heavy atom. The molecule has 0 unspecified atom stereocenters. The van der Waals surface area contributed by atoms with Gasteiger partial charge in [0.25, 0.3) is 0 Å². The summed E-state index contributed by atoms with van der Waals surface area (Å²) in [5.41, 5.74) is 3.31. The molecule has 1 heterocycles. The predicted octanol–water partition coefficient (Wildman–Crippen LogP) is 5.55. The second-order valence-electron chi connectivity index (χ2n) is 7.41. The van der Waals surface area contributed by atoms with E-state index in [2.05, 4.69) is 0 Å². The third-order valence-corrected chi connectivity index (χ3v) is 5.28. The van der Waals surface area contributed by atoms with Crippen molar-refractivity contribution in [2.45, 2.75) is 6.92 Å². The van der Waals surface area contributed by atoms with Gasteiger partial charge < -0.3 is 14.4 Å². The predicted molar refractivity (Wildman–Crippen MR) is 121 cm³/mol. The van der Waals surface area contributed by atoms with Crippen molar-refractivity contribution in [3.63, 3.8) is 0 Å². The van der Waals surface area contributed by atoms with E-state index in [1.807, 2.05) is 43.3 Å². The third kappa shape index (κ3) is 4.18. The number of aryl methyl sites for hydroxylation is 1. The average molecular weight is 434 g/mol. The lowest BCUT2D eigenvalue weighted by Gasteiger charge is -2.11. The molecule has 0 saturated heterocycles. The van der Waals surface area contributed by atoms with Crippen molar-refractivity contribution in [1.82, 2.24) is 0 Å². The largest absolute Gasteiger partial charge is 0.452 e. The Kier molecular flexibility index (Phi) is 5.53. The summed E-state index contributed by atoms with van der Waals surface area (Å²) < 4.78 is 11.3. The highest BCUT2D eigenvalue weighted by Gasteiger charge is 2.30. The van der Waals surface area contributed by atoms with Crippen LogP contribution in [0.15, 0.2) is 66.4 Å². The van der Waals surface area contributed by atoms with Crippen LogP contribution >= 0.6 is 11.6 Å². The van der Waals surface area contributed by atoms with Crippen LogP contribution in [0.1, 0.15) is 31.8 Å². The van der Waals surface area contributed by atoms with E-state index in [-0.39, 0.29) is 22.9 Å². The smallest absolute Gasteiger partial charge is 0.345 e. The van der Waals surface area contributed by atoms with Crippen LogP contribution in [-0.2, 0) is 0 Å². The van der Waals surface area contributed by atoms with Crippen LogP contribution in [0, 0.1) is 6.92 Å². The molecule has 3 aromatic carbocycles. The van der Waals surface area contributed by atoms with Gasteiger partial charge in [-0.15, -0.1) is 0 Å². The molecule has 0 bridgehead atoms. The minimum atomic E-state index is -0.578. The quantitative estimate of drug-likeness (QED) is 0.307. The fourth-order valence-corrected chi connectivity index (χ4v) is 3.56. The van der Waals surface area contributed by atoms with E-state index < -0.39 is 5.97 Å². The van der Waals surface area contributed by atoms with Crippen molar-refractivity contribution in [3.05, 3.63) is 93.7 Å². The Labute approximate surface area is 185 Å². The summed E-state index contributed by atoms with van der Waals surface area (Å²) >= 11 is 6.07. The number of Topliss-reactive ketones (excluding diaryl/α,β-unsaturated/α-hetero) is 1. The number of carbonyl (C=O) groups excluding carboxylic acids is 2. The van der Waals surface area contributed by atoms with Gasteiger partial charge in [0.15, 0.2) is 5.76 Å². The molecule has 5 nitrogen and oxygen atoms in total. The highest BCUT2D eigenvalue weighted by Crippen LogP contribution is 2.38. The third-order valence-electron chi connectivity index (χ3n) is 4.96. The van der Waals surface area contributed by atoms with Gasteiger partial charge in [0.2, 0.25) is 5.78 Å². The van der Waals surface area contributed by atoms with Gasteiger partial charge in [0, 0.05) is 25.8 Å². The number of esters is 1. The van der Waals surface area contributed by atoms with Gasteiger partial charge in [-0.05, 0) is 54.5 Å². The van der Waals surface area contributed by atoms with E-state index in [9.17, 15) is 9.59 Å².